The van der Waals surface area contributed by atoms with Crippen molar-refractivity contribution in [2.24, 2.45) is 16.1 Å². The third kappa shape index (κ3) is 3.64. The molecule has 1 unspecified atom stereocenters. The first-order valence-electron chi connectivity index (χ1n) is 11.7. The molecule has 3 heterocycles. The van der Waals surface area contributed by atoms with E-state index in [1.807, 2.05) is 64.1 Å². The van der Waals surface area contributed by atoms with E-state index in [1.54, 1.807) is 0 Å². The zero-order valence-electron chi connectivity index (χ0n) is 21.0. The van der Waals surface area contributed by atoms with E-state index in [-0.39, 0.29) is 18.0 Å². The molecule has 3 aliphatic heterocycles. The van der Waals surface area contributed by atoms with Gasteiger partial charge in [0.1, 0.15) is 23.9 Å². The number of fused-ring (bicyclic) bond motifs is 4. The Morgan fingerprint density at radius 1 is 1.03 bits per heavy atom. The Morgan fingerprint density at radius 3 is 2.35 bits per heavy atom. The van der Waals surface area contributed by atoms with Gasteiger partial charge in [-0.2, -0.15) is 0 Å². The van der Waals surface area contributed by atoms with Crippen molar-refractivity contribution < 1.29 is 23.5 Å². The molecule has 3 aliphatic rings. The van der Waals surface area contributed by atoms with Gasteiger partial charge in [0.05, 0.1) is 23.4 Å². The monoisotopic (exact) mass is 464 g/mol. The van der Waals surface area contributed by atoms with Crippen LogP contribution >= 0.6 is 0 Å². The second kappa shape index (κ2) is 7.39. The average Bonchev–Trinajstić information content (AvgIpc) is 3.22. The first kappa shape index (κ1) is 23.1. The minimum atomic E-state index is -0.888. The van der Waals surface area contributed by atoms with Crippen LogP contribution in [0.15, 0.2) is 41.4 Å². The molecule has 0 aromatic heterocycles. The maximum absolute atomic E-state index is 6.34. The molecule has 0 bridgehead atoms. The van der Waals surface area contributed by atoms with Gasteiger partial charge in [-0.1, -0.05) is 39.0 Å². The van der Waals surface area contributed by atoms with E-state index in [4.69, 9.17) is 34.2 Å². The fraction of sp³-hybridized carbons (Fsp3) is 0.500. The number of hydrogen-bond acceptors (Lipinski definition) is 7. The van der Waals surface area contributed by atoms with Crippen LogP contribution in [0.25, 0.3) is 0 Å². The number of benzene rings is 2. The summed E-state index contributed by atoms with van der Waals surface area (Å²) >= 11 is 0. The van der Waals surface area contributed by atoms with Gasteiger partial charge in [0.2, 0.25) is 0 Å². The number of hydrogen-bond donors (Lipinski definition) is 1. The van der Waals surface area contributed by atoms with Gasteiger partial charge in [-0.25, -0.2) is 4.99 Å². The zero-order valence-corrected chi connectivity index (χ0v) is 21.0. The molecule has 0 aliphatic carbocycles. The molecule has 1 fully saturated rings. The van der Waals surface area contributed by atoms with Crippen LogP contribution in [0.1, 0.15) is 59.6 Å². The maximum Gasteiger partial charge on any atom is 0.494 e. The molecule has 1 saturated heterocycles. The quantitative estimate of drug-likeness (QED) is 0.689. The average molecular weight is 464 g/mol. The van der Waals surface area contributed by atoms with Gasteiger partial charge < -0.3 is 29.3 Å². The van der Waals surface area contributed by atoms with Crippen molar-refractivity contribution in [1.82, 2.24) is 0 Å². The minimum absolute atomic E-state index is 0.0122. The van der Waals surface area contributed by atoms with Crippen LogP contribution in [0.4, 0.5) is 0 Å². The summed E-state index contributed by atoms with van der Waals surface area (Å²) in [4.78, 5) is 4.82. The van der Waals surface area contributed by atoms with E-state index in [0.717, 1.165) is 16.6 Å². The van der Waals surface area contributed by atoms with Gasteiger partial charge in [0, 0.05) is 5.56 Å². The largest absolute Gasteiger partial charge is 0.494 e. The van der Waals surface area contributed by atoms with Crippen molar-refractivity contribution in [3.05, 3.63) is 47.5 Å². The first-order valence-corrected chi connectivity index (χ1v) is 11.7. The lowest BCUT2D eigenvalue weighted by Gasteiger charge is -2.35. The smallest absolute Gasteiger partial charge is 0.493 e. The van der Waals surface area contributed by atoms with Gasteiger partial charge in [0.25, 0.3) is 6.02 Å². The molecule has 2 N–H and O–H groups in total. The predicted molar refractivity (Wildman–Crippen MR) is 132 cm³/mol. The molecule has 0 saturated carbocycles. The van der Waals surface area contributed by atoms with Crippen molar-refractivity contribution >= 4 is 18.6 Å². The highest BCUT2D eigenvalue weighted by Gasteiger charge is 2.53. The number of aliphatic imine (C=N–C) groups is 1. The summed E-state index contributed by atoms with van der Waals surface area (Å²) in [5, 5.41) is 0. The van der Waals surface area contributed by atoms with E-state index < -0.39 is 23.9 Å². The lowest BCUT2D eigenvalue weighted by Crippen LogP contribution is -2.41. The molecule has 7 nitrogen and oxygen atoms in total. The molecule has 34 heavy (non-hydrogen) atoms. The van der Waals surface area contributed by atoms with Crippen LogP contribution in [0, 0.1) is 5.41 Å². The maximum atomic E-state index is 6.34. The summed E-state index contributed by atoms with van der Waals surface area (Å²) in [6.07, 6.45) is 0. The summed E-state index contributed by atoms with van der Waals surface area (Å²) in [5.74, 6) is 2.09. The Kier molecular flexibility index (Phi) is 5.01. The van der Waals surface area contributed by atoms with Crippen molar-refractivity contribution in [1.29, 1.82) is 0 Å². The SMILES string of the molecule is CC(C)(C)COc1cccc2c1C1(COC(N)=N1)c1cc(B3OC(C)(C)C(C)(C)O3)ccc1O2. The topological polar surface area (TPSA) is 84.5 Å². The highest BCUT2D eigenvalue weighted by Crippen LogP contribution is 2.54. The summed E-state index contributed by atoms with van der Waals surface area (Å²) in [5.41, 5.74) is 6.84. The van der Waals surface area contributed by atoms with Crippen LogP contribution in [0.3, 0.4) is 0 Å². The number of ether oxygens (including phenoxy) is 3. The number of rotatable bonds is 3. The number of amidine groups is 1. The van der Waals surface area contributed by atoms with Gasteiger partial charge >= 0.3 is 7.12 Å². The van der Waals surface area contributed by atoms with Gasteiger partial charge in [0.15, 0.2) is 5.54 Å². The van der Waals surface area contributed by atoms with Crippen LogP contribution in [0.2, 0.25) is 0 Å². The fourth-order valence-electron chi connectivity index (χ4n) is 4.45. The van der Waals surface area contributed by atoms with E-state index in [1.165, 1.54) is 0 Å². The molecular formula is C26H33BN2O5. The van der Waals surface area contributed by atoms with Crippen LogP contribution in [-0.4, -0.2) is 37.6 Å². The molecule has 5 rings (SSSR count). The molecular weight excluding hydrogens is 431 g/mol. The minimum Gasteiger partial charge on any atom is -0.493 e. The Hall–Kier alpha value is -2.71. The Labute approximate surface area is 201 Å². The van der Waals surface area contributed by atoms with E-state index >= 15 is 0 Å². The summed E-state index contributed by atoms with van der Waals surface area (Å²) < 4.78 is 31.0. The van der Waals surface area contributed by atoms with E-state index in [2.05, 4.69) is 20.8 Å². The van der Waals surface area contributed by atoms with Gasteiger partial charge in [-0.05, 0) is 56.8 Å². The summed E-state index contributed by atoms with van der Waals surface area (Å²) in [6.45, 7) is 15.4. The third-order valence-corrected chi connectivity index (χ3v) is 6.99. The van der Waals surface area contributed by atoms with Crippen LogP contribution in [0.5, 0.6) is 17.2 Å². The van der Waals surface area contributed by atoms with E-state index in [9.17, 15) is 0 Å². The van der Waals surface area contributed by atoms with Crippen molar-refractivity contribution in [3.63, 3.8) is 0 Å². The standard InChI is InChI=1S/C26H33BN2O5/c1-23(2,3)14-30-19-9-8-10-20-21(19)26(15-31-22(28)29-26)17-13-16(11-12-18(17)32-20)27-33-24(4,5)25(6,7)34-27/h8-13H,14-15H2,1-7H3,(H2,28,29). The fourth-order valence-corrected chi connectivity index (χ4v) is 4.45. The second-order valence-electron chi connectivity index (χ2n) is 11.5. The summed E-state index contributed by atoms with van der Waals surface area (Å²) in [6, 6.07) is 11.9. The Balaban J connectivity index is 1.62. The molecule has 1 spiro atoms. The molecule has 2 aromatic rings. The van der Waals surface area contributed by atoms with Crippen molar-refractivity contribution in [2.75, 3.05) is 13.2 Å². The Morgan fingerprint density at radius 2 is 1.74 bits per heavy atom. The highest BCUT2D eigenvalue weighted by molar-refractivity contribution is 6.62. The van der Waals surface area contributed by atoms with E-state index in [0.29, 0.717) is 23.9 Å². The lowest BCUT2D eigenvalue weighted by atomic mass is 9.73. The summed E-state index contributed by atoms with van der Waals surface area (Å²) in [7, 11) is -0.509. The lowest BCUT2D eigenvalue weighted by molar-refractivity contribution is 0.00578. The molecule has 0 radical (unpaired) electrons. The van der Waals surface area contributed by atoms with Crippen molar-refractivity contribution in [3.8, 4) is 17.2 Å². The molecule has 0 amide bonds. The number of nitrogens with zero attached hydrogens (tertiary/aromatic N) is 1. The normalized spacial score (nSPS) is 24.2. The van der Waals surface area contributed by atoms with Gasteiger partial charge in [-0.15, -0.1) is 0 Å². The van der Waals surface area contributed by atoms with Crippen LogP contribution < -0.4 is 20.7 Å². The second-order valence-corrected chi connectivity index (χ2v) is 11.5. The predicted octanol–water partition coefficient (Wildman–Crippen LogP) is 4.10. The number of nitrogens with two attached hydrogens (primary N) is 1. The van der Waals surface area contributed by atoms with Gasteiger partial charge in [-0.3, -0.25) is 0 Å². The first-order chi connectivity index (χ1) is 15.8. The van der Waals surface area contributed by atoms with Crippen LogP contribution in [-0.2, 0) is 19.6 Å². The Bertz CT molecular complexity index is 1150. The molecule has 180 valence electrons. The van der Waals surface area contributed by atoms with Crippen molar-refractivity contribution in [2.45, 2.75) is 65.2 Å². The zero-order chi connectivity index (χ0) is 24.5. The highest BCUT2D eigenvalue weighted by atomic mass is 16.7. The molecule has 1 atom stereocenters. The third-order valence-electron chi connectivity index (χ3n) is 6.99. The molecule has 2 aromatic carbocycles. The molecule has 8 heteroatoms.